The van der Waals surface area contributed by atoms with E-state index in [1.807, 2.05) is 0 Å². The Morgan fingerprint density at radius 2 is 2.07 bits per heavy atom. The summed E-state index contributed by atoms with van der Waals surface area (Å²) in [6.07, 6.45) is 0.601. The van der Waals surface area contributed by atoms with Gasteiger partial charge in [-0.2, -0.15) is 14.4 Å². The van der Waals surface area contributed by atoms with Gasteiger partial charge in [0.15, 0.2) is 17.0 Å². The summed E-state index contributed by atoms with van der Waals surface area (Å²) < 4.78 is 37.2. The molecule has 2 aliphatic heterocycles. The Kier molecular flexibility index (Phi) is 5.41. The van der Waals surface area contributed by atoms with E-state index in [2.05, 4.69) is 15.0 Å². The van der Waals surface area contributed by atoms with Crippen molar-refractivity contribution in [3.8, 4) is 0 Å². The summed E-state index contributed by atoms with van der Waals surface area (Å²) in [6, 6.07) is 0. The number of rotatable bonds is 1. The highest BCUT2D eigenvalue weighted by atomic mass is 19.1. The third kappa shape index (κ3) is 3.99. The predicted molar refractivity (Wildman–Crippen MR) is 98.5 cm³/mol. The number of anilines is 1. The minimum absolute atomic E-state index is 0.0967. The van der Waals surface area contributed by atoms with Gasteiger partial charge in [0.05, 0.1) is 12.9 Å². The van der Waals surface area contributed by atoms with Gasteiger partial charge in [-0.3, -0.25) is 9.36 Å². The van der Waals surface area contributed by atoms with Crippen molar-refractivity contribution in [1.29, 1.82) is 0 Å². The zero-order valence-electron chi connectivity index (χ0n) is 16.4. The first-order chi connectivity index (χ1) is 14.4. The zero-order chi connectivity index (χ0) is 21.3. The number of halogens is 1. The standard InChI is InChI=1S/C18H22FN5O6/c1-18-8-28-17(26)27-6-4-2-3-5-12(25)29-10(18)7-11(30-18)24-9-21-13-14(20)22-16(19)23-15(13)24/h9-11H,2-8H2,1H3,(H2,20,22,23)/t10-,11+,18+/m0/s1. The van der Waals surface area contributed by atoms with E-state index in [1.54, 1.807) is 6.92 Å². The molecule has 30 heavy (non-hydrogen) atoms. The fraction of sp³-hybridized carbons (Fsp3) is 0.611. The van der Waals surface area contributed by atoms with Crippen LogP contribution in [-0.4, -0.2) is 56.6 Å². The number of nitrogen functional groups attached to an aromatic ring is 1. The van der Waals surface area contributed by atoms with Crippen molar-refractivity contribution in [2.45, 2.75) is 57.0 Å². The molecular formula is C18H22FN5O6. The highest BCUT2D eigenvalue weighted by Crippen LogP contribution is 2.40. The number of esters is 1. The van der Waals surface area contributed by atoms with E-state index in [0.717, 1.165) is 6.42 Å². The van der Waals surface area contributed by atoms with Crippen LogP contribution in [0.25, 0.3) is 11.2 Å². The first kappa shape index (κ1) is 20.3. The smallest absolute Gasteiger partial charge is 0.459 e. The van der Waals surface area contributed by atoms with E-state index in [0.29, 0.717) is 12.8 Å². The van der Waals surface area contributed by atoms with Gasteiger partial charge in [-0.15, -0.1) is 0 Å². The number of imidazole rings is 1. The number of carbonyl (C=O) groups is 2. The fourth-order valence-electron chi connectivity index (χ4n) is 3.62. The largest absolute Gasteiger partial charge is 0.508 e. The molecule has 162 valence electrons. The lowest BCUT2D eigenvalue weighted by Crippen LogP contribution is -2.44. The maximum atomic E-state index is 13.7. The van der Waals surface area contributed by atoms with Crippen molar-refractivity contribution < 1.29 is 32.9 Å². The maximum absolute atomic E-state index is 13.7. The number of hydrogen-bond acceptors (Lipinski definition) is 10. The summed E-state index contributed by atoms with van der Waals surface area (Å²) in [5.74, 6) is -0.462. The van der Waals surface area contributed by atoms with Gasteiger partial charge in [-0.1, -0.05) is 0 Å². The van der Waals surface area contributed by atoms with Crippen LogP contribution in [-0.2, 0) is 23.7 Å². The van der Waals surface area contributed by atoms with Gasteiger partial charge >= 0.3 is 18.2 Å². The fourth-order valence-corrected chi connectivity index (χ4v) is 3.62. The van der Waals surface area contributed by atoms with Crippen LogP contribution in [0, 0.1) is 6.08 Å². The molecular weight excluding hydrogens is 401 g/mol. The Balaban J connectivity index is 1.62. The first-order valence-corrected chi connectivity index (χ1v) is 9.68. The van der Waals surface area contributed by atoms with Gasteiger partial charge in [0.1, 0.15) is 24.5 Å². The second-order valence-electron chi connectivity index (χ2n) is 7.50. The Hall–Kier alpha value is -3.02. The molecule has 2 fully saturated rings. The van der Waals surface area contributed by atoms with Crippen molar-refractivity contribution in [3.05, 3.63) is 12.4 Å². The van der Waals surface area contributed by atoms with E-state index < -0.39 is 30.2 Å². The normalized spacial score (nSPS) is 28.5. The molecule has 12 heteroatoms. The summed E-state index contributed by atoms with van der Waals surface area (Å²) in [6.45, 7) is 1.69. The van der Waals surface area contributed by atoms with Crippen LogP contribution in [0.2, 0.25) is 0 Å². The van der Waals surface area contributed by atoms with Crippen molar-refractivity contribution in [1.82, 2.24) is 19.5 Å². The Bertz CT molecular complexity index is 968. The molecule has 2 N–H and O–H groups in total. The van der Waals surface area contributed by atoms with Gasteiger partial charge in [0, 0.05) is 12.8 Å². The van der Waals surface area contributed by atoms with Gasteiger partial charge < -0.3 is 24.7 Å². The molecule has 11 nitrogen and oxygen atoms in total. The van der Waals surface area contributed by atoms with Crippen molar-refractivity contribution in [2.24, 2.45) is 0 Å². The summed E-state index contributed by atoms with van der Waals surface area (Å²) in [7, 11) is 0. The molecule has 0 radical (unpaired) electrons. The van der Waals surface area contributed by atoms with Crippen LogP contribution in [0.3, 0.4) is 0 Å². The summed E-state index contributed by atoms with van der Waals surface area (Å²) in [4.78, 5) is 35.5. The number of ether oxygens (including phenoxy) is 4. The molecule has 0 aliphatic carbocycles. The van der Waals surface area contributed by atoms with Gasteiger partial charge in [-0.05, 0) is 26.2 Å². The molecule has 2 saturated heterocycles. The summed E-state index contributed by atoms with van der Waals surface area (Å²) in [5, 5.41) is 0. The van der Waals surface area contributed by atoms with Crippen LogP contribution in [0.1, 0.15) is 45.3 Å². The molecule has 0 amide bonds. The zero-order valence-corrected chi connectivity index (χ0v) is 16.4. The number of nitrogens with zero attached hydrogens (tertiary/aromatic N) is 4. The third-order valence-corrected chi connectivity index (χ3v) is 5.23. The lowest BCUT2D eigenvalue weighted by Gasteiger charge is -2.29. The van der Waals surface area contributed by atoms with Crippen molar-refractivity contribution >= 4 is 29.1 Å². The number of aromatic nitrogens is 4. The maximum Gasteiger partial charge on any atom is 0.508 e. The van der Waals surface area contributed by atoms with Crippen molar-refractivity contribution in [2.75, 3.05) is 18.9 Å². The molecule has 3 atom stereocenters. The number of cyclic esters (lactones) is 2. The molecule has 2 aliphatic rings. The lowest BCUT2D eigenvalue weighted by molar-refractivity contribution is -0.165. The second-order valence-corrected chi connectivity index (χ2v) is 7.50. The Morgan fingerprint density at radius 1 is 1.23 bits per heavy atom. The SMILES string of the molecule is C[C@@]12COC(=O)OCCCCCC(=O)O[C@H]1C[C@H](n1cnc3c(N)nc(F)nc31)O2. The van der Waals surface area contributed by atoms with Gasteiger partial charge in [-0.25, -0.2) is 9.78 Å². The second kappa shape index (κ2) is 8.01. The Labute approximate surface area is 170 Å². The highest BCUT2D eigenvalue weighted by Gasteiger charge is 2.50. The van der Waals surface area contributed by atoms with E-state index >= 15 is 0 Å². The molecule has 2 aromatic rings. The van der Waals surface area contributed by atoms with Crippen LogP contribution < -0.4 is 5.73 Å². The molecule has 0 saturated carbocycles. The van der Waals surface area contributed by atoms with E-state index in [-0.39, 0.29) is 49.0 Å². The van der Waals surface area contributed by atoms with Crippen molar-refractivity contribution in [3.63, 3.8) is 0 Å². The summed E-state index contributed by atoms with van der Waals surface area (Å²) in [5.41, 5.74) is 4.94. The quantitative estimate of drug-likeness (QED) is 0.534. The third-order valence-electron chi connectivity index (χ3n) is 5.23. The van der Waals surface area contributed by atoms with E-state index in [9.17, 15) is 14.0 Å². The van der Waals surface area contributed by atoms with E-state index in [1.165, 1.54) is 10.9 Å². The molecule has 0 unspecified atom stereocenters. The molecule has 0 bridgehead atoms. The molecule has 0 aromatic carbocycles. The highest BCUT2D eigenvalue weighted by molar-refractivity contribution is 5.81. The molecule has 4 rings (SSSR count). The van der Waals surface area contributed by atoms with Crippen LogP contribution >= 0.6 is 0 Å². The Morgan fingerprint density at radius 3 is 2.90 bits per heavy atom. The van der Waals surface area contributed by atoms with Gasteiger partial charge in [0.2, 0.25) is 0 Å². The predicted octanol–water partition coefficient (Wildman–Crippen LogP) is 1.86. The average molecular weight is 423 g/mol. The minimum atomic E-state index is -1.15. The molecule has 0 spiro atoms. The minimum Gasteiger partial charge on any atom is -0.459 e. The number of hydrogen-bond donors (Lipinski definition) is 1. The molecule has 4 heterocycles. The number of nitrogens with two attached hydrogens (primary N) is 1. The van der Waals surface area contributed by atoms with Crippen LogP contribution in [0.5, 0.6) is 0 Å². The summed E-state index contributed by atoms with van der Waals surface area (Å²) >= 11 is 0. The lowest BCUT2D eigenvalue weighted by atomic mass is 10.00. The topological polar surface area (TPSA) is 141 Å². The average Bonchev–Trinajstić information content (AvgIpc) is 3.24. The monoisotopic (exact) mass is 423 g/mol. The number of fused-ring (bicyclic) bond motifs is 2. The van der Waals surface area contributed by atoms with Crippen LogP contribution in [0.4, 0.5) is 15.0 Å². The van der Waals surface area contributed by atoms with E-state index in [4.69, 9.17) is 24.7 Å². The van der Waals surface area contributed by atoms with Crippen LogP contribution in [0.15, 0.2) is 6.33 Å². The molecule has 2 aromatic heterocycles. The number of carbonyl (C=O) groups excluding carboxylic acids is 2. The van der Waals surface area contributed by atoms with Gasteiger partial charge in [0.25, 0.3) is 0 Å². The first-order valence-electron chi connectivity index (χ1n) is 9.68.